The van der Waals surface area contributed by atoms with Crippen molar-refractivity contribution in [2.45, 2.75) is 18.1 Å². The highest BCUT2D eigenvalue weighted by molar-refractivity contribution is 6.30. The summed E-state index contributed by atoms with van der Waals surface area (Å²) in [6, 6.07) is 13.8. The van der Waals surface area contributed by atoms with E-state index in [4.69, 9.17) is 11.6 Å². The Morgan fingerprint density at radius 1 is 0.865 bits per heavy atom. The number of amides is 2. The lowest BCUT2D eigenvalue weighted by atomic mass is 9.81. The number of benzene rings is 2. The van der Waals surface area contributed by atoms with Crippen LogP contribution in [-0.2, 0) is 18.1 Å². The van der Waals surface area contributed by atoms with Crippen molar-refractivity contribution in [2.24, 2.45) is 0 Å². The number of anilines is 1. The van der Waals surface area contributed by atoms with E-state index in [0.717, 1.165) is 18.2 Å². The van der Waals surface area contributed by atoms with E-state index in [-0.39, 0.29) is 28.4 Å². The van der Waals surface area contributed by atoms with Crippen LogP contribution in [0.1, 0.15) is 22.5 Å². The number of hydrogen-bond donors (Lipinski definition) is 2. The molecule has 0 spiro atoms. The fourth-order valence-corrected chi connectivity index (χ4v) is 3.96. The van der Waals surface area contributed by atoms with E-state index in [2.05, 4.69) is 20.6 Å². The number of rotatable bonds is 6. The summed E-state index contributed by atoms with van der Waals surface area (Å²) in [6.45, 7) is 0. The molecule has 0 aliphatic carbocycles. The smallest absolute Gasteiger partial charge is 0.322 e. The number of nitrogens with zero attached hydrogens (tertiary/aromatic N) is 2. The van der Waals surface area contributed by atoms with Crippen molar-refractivity contribution >= 4 is 23.3 Å². The lowest BCUT2D eigenvalue weighted by Gasteiger charge is -2.35. The first-order valence-electron chi connectivity index (χ1n) is 10.8. The van der Waals surface area contributed by atoms with Gasteiger partial charge in [-0.15, -0.1) is 0 Å². The summed E-state index contributed by atoms with van der Waals surface area (Å²) in [5.41, 5.74) is -2.83. The van der Waals surface area contributed by atoms with Crippen LogP contribution in [0.3, 0.4) is 0 Å². The highest BCUT2D eigenvalue weighted by atomic mass is 35.5. The molecule has 4 aromatic rings. The number of hydrogen-bond acceptors (Lipinski definition) is 3. The highest BCUT2D eigenvalue weighted by Gasteiger charge is 2.41. The molecule has 0 saturated carbocycles. The van der Waals surface area contributed by atoms with Gasteiger partial charge < -0.3 is 10.6 Å². The number of alkyl halides is 3. The molecule has 2 N–H and O–H groups in total. The maximum absolute atomic E-state index is 14.6. The zero-order valence-corrected chi connectivity index (χ0v) is 19.6. The van der Waals surface area contributed by atoms with Gasteiger partial charge in [-0.25, -0.2) is 13.6 Å². The van der Waals surface area contributed by atoms with Gasteiger partial charge in [-0.3, -0.25) is 9.97 Å². The maximum Gasteiger partial charge on any atom is 0.416 e. The Labute approximate surface area is 213 Å². The van der Waals surface area contributed by atoms with Gasteiger partial charge in [-0.1, -0.05) is 23.7 Å². The van der Waals surface area contributed by atoms with Gasteiger partial charge >= 0.3 is 12.2 Å². The average Bonchev–Trinajstić information content (AvgIpc) is 2.84. The predicted octanol–water partition coefficient (Wildman–Crippen LogP) is 6.74. The molecule has 37 heavy (non-hydrogen) atoms. The fraction of sp³-hybridized carbons (Fsp3) is 0.115. The van der Waals surface area contributed by atoms with Gasteiger partial charge in [-0.2, -0.15) is 13.2 Å². The zero-order chi connectivity index (χ0) is 26.6. The number of nitrogens with one attached hydrogen (secondary N) is 2. The Morgan fingerprint density at radius 2 is 1.65 bits per heavy atom. The van der Waals surface area contributed by atoms with Crippen LogP contribution in [0.2, 0.25) is 5.02 Å². The van der Waals surface area contributed by atoms with E-state index >= 15 is 0 Å². The lowest BCUT2D eigenvalue weighted by molar-refractivity contribution is -0.137. The Morgan fingerprint density at radius 3 is 2.30 bits per heavy atom. The number of urea groups is 1. The molecule has 0 aliphatic rings. The van der Waals surface area contributed by atoms with Crippen molar-refractivity contribution in [3.05, 3.63) is 124 Å². The molecule has 0 radical (unpaired) electrons. The highest BCUT2D eigenvalue weighted by Crippen LogP contribution is 2.37. The van der Waals surface area contributed by atoms with Crippen molar-refractivity contribution in [2.75, 3.05) is 5.32 Å². The topological polar surface area (TPSA) is 66.9 Å². The summed E-state index contributed by atoms with van der Waals surface area (Å²) in [5, 5.41) is 5.34. The number of aromatic nitrogens is 2. The van der Waals surface area contributed by atoms with Crippen LogP contribution in [0.4, 0.5) is 32.4 Å². The van der Waals surface area contributed by atoms with Gasteiger partial charge in [0.2, 0.25) is 0 Å². The maximum atomic E-state index is 14.6. The van der Waals surface area contributed by atoms with Crippen molar-refractivity contribution in [1.29, 1.82) is 0 Å². The molecule has 0 saturated heterocycles. The largest absolute Gasteiger partial charge is 0.416 e. The molecule has 0 bridgehead atoms. The van der Waals surface area contributed by atoms with Crippen LogP contribution in [0.25, 0.3) is 0 Å². The molecule has 2 amide bonds. The number of pyridine rings is 2. The third kappa shape index (κ3) is 6.21. The predicted molar refractivity (Wildman–Crippen MR) is 128 cm³/mol. The molecular formula is C26H18ClF5N4O. The molecule has 190 valence electrons. The molecule has 0 fully saturated rings. The van der Waals surface area contributed by atoms with E-state index < -0.39 is 34.9 Å². The van der Waals surface area contributed by atoms with E-state index in [1.54, 1.807) is 18.2 Å². The quantitative estimate of drug-likeness (QED) is 0.270. The first-order chi connectivity index (χ1) is 17.5. The molecule has 2 aromatic carbocycles. The van der Waals surface area contributed by atoms with Gasteiger partial charge in [0.25, 0.3) is 0 Å². The summed E-state index contributed by atoms with van der Waals surface area (Å²) in [4.78, 5) is 21.7. The summed E-state index contributed by atoms with van der Waals surface area (Å²) in [7, 11) is 0. The molecule has 11 heteroatoms. The van der Waals surface area contributed by atoms with Crippen molar-refractivity contribution in [3.8, 4) is 0 Å². The second-order valence-corrected chi connectivity index (χ2v) is 8.52. The third-order valence-electron chi connectivity index (χ3n) is 5.46. The molecule has 1 unspecified atom stereocenters. The molecule has 5 nitrogen and oxygen atoms in total. The van der Waals surface area contributed by atoms with Crippen molar-refractivity contribution in [1.82, 2.24) is 15.3 Å². The monoisotopic (exact) mass is 532 g/mol. The standard InChI is InChI=1S/C26H18ClF5N4O/c27-18-7-8-23(34-15-18)25(14-22-5-1-2-9-33-22,16-10-17(26(30,31)32)12-20(29)11-16)36-24(37)35-21-6-3-4-19(28)13-21/h1-13,15H,14H2,(H2,35,36,37). The summed E-state index contributed by atoms with van der Waals surface area (Å²) >= 11 is 5.99. The zero-order valence-electron chi connectivity index (χ0n) is 18.9. The first kappa shape index (κ1) is 26.0. The van der Waals surface area contributed by atoms with Gasteiger partial charge in [0, 0.05) is 30.2 Å². The Balaban J connectivity index is 1.91. The Bertz CT molecular complexity index is 1400. The normalized spacial score (nSPS) is 13.0. The first-order valence-corrected chi connectivity index (χ1v) is 11.2. The molecular weight excluding hydrogens is 515 g/mol. The van der Waals surface area contributed by atoms with Crippen LogP contribution in [-0.4, -0.2) is 16.0 Å². The second-order valence-electron chi connectivity index (χ2n) is 8.08. The molecule has 0 aliphatic heterocycles. The van der Waals surface area contributed by atoms with Crippen LogP contribution in [0, 0.1) is 11.6 Å². The molecule has 1 atom stereocenters. The lowest BCUT2D eigenvalue weighted by Crippen LogP contribution is -2.51. The number of halogens is 6. The SMILES string of the molecule is O=C(Nc1cccc(F)c1)NC(Cc1ccccn1)(c1cc(F)cc(C(F)(F)F)c1)c1ccc(Cl)cn1. The van der Waals surface area contributed by atoms with Crippen LogP contribution < -0.4 is 10.6 Å². The van der Waals surface area contributed by atoms with Crippen LogP contribution >= 0.6 is 11.6 Å². The van der Waals surface area contributed by atoms with Crippen molar-refractivity contribution < 1.29 is 26.7 Å². The molecule has 2 heterocycles. The minimum Gasteiger partial charge on any atom is -0.322 e. The van der Waals surface area contributed by atoms with Crippen LogP contribution in [0.15, 0.2) is 85.2 Å². The van der Waals surface area contributed by atoms with Crippen molar-refractivity contribution in [3.63, 3.8) is 0 Å². The van der Waals surface area contributed by atoms with E-state index in [9.17, 15) is 26.7 Å². The van der Waals surface area contributed by atoms with E-state index in [1.165, 1.54) is 42.7 Å². The molecule has 2 aromatic heterocycles. The van der Waals surface area contributed by atoms with E-state index in [1.807, 2.05) is 0 Å². The van der Waals surface area contributed by atoms with Crippen LogP contribution in [0.5, 0.6) is 0 Å². The van der Waals surface area contributed by atoms with Gasteiger partial charge in [-0.05, 0) is 66.2 Å². The summed E-state index contributed by atoms with van der Waals surface area (Å²) in [6.07, 6.45) is -2.36. The average molecular weight is 533 g/mol. The second kappa shape index (κ2) is 10.5. The molecule has 4 rings (SSSR count). The summed E-state index contributed by atoms with van der Waals surface area (Å²) < 4.78 is 69.2. The minimum atomic E-state index is -4.87. The van der Waals surface area contributed by atoms with Gasteiger partial charge in [0.05, 0.1) is 16.3 Å². The van der Waals surface area contributed by atoms with Gasteiger partial charge in [0.1, 0.15) is 17.2 Å². The van der Waals surface area contributed by atoms with Gasteiger partial charge in [0.15, 0.2) is 0 Å². The number of carbonyl (C=O) groups is 1. The third-order valence-corrected chi connectivity index (χ3v) is 5.69. The Kier molecular flexibility index (Phi) is 7.40. The summed E-state index contributed by atoms with van der Waals surface area (Å²) in [5.74, 6) is -1.78. The number of carbonyl (C=O) groups excluding carboxylic acids is 1. The minimum absolute atomic E-state index is 0.0654. The fourth-order valence-electron chi connectivity index (χ4n) is 3.85. The van der Waals surface area contributed by atoms with E-state index in [0.29, 0.717) is 11.8 Å². The Hall–Kier alpha value is -4.05.